The summed E-state index contributed by atoms with van der Waals surface area (Å²) >= 11 is 6.02. The topological polar surface area (TPSA) is 55.1 Å². The molecule has 2 rings (SSSR count). The largest absolute Gasteiger partial charge is 0.397 e. The van der Waals surface area contributed by atoms with Gasteiger partial charge in [0.2, 0.25) is 5.91 Å². The van der Waals surface area contributed by atoms with E-state index in [0.29, 0.717) is 29.2 Å². The molecule has 0 unspecified atom stereocenters. The van der Waals surface area contributed by atoms with E-state index in [0.717, 1.165) is 0 Å². The van der Waals surface area contributed by atoms with Gasteiger partial charge in [-0.3, -0.25) is 4.79 Å². The first-order valence-corrected chi connectivity index (χ1v) is 6.84. The summed E-state index contributed by atoms with van der Waals surface area (Å²) in [6.07, 6.45) is 1.10. The first-order chi connectivity index (χ1) is 9.58. The van der Waals surface area contributed by atoms with Crippen LogP contribution in [0.5, 0.6) is 0 Å². The minimum atomic E-state index is -0.0898. The summed E-state index contributed by atoms with van der Waals surface area (Å²) in [7, 11) is 0. The Kier molecular flexibility index (Phi) is 4.64. The van der Waals surface area contributed by atoms with Gasteiger partial charge in [0.1, 0.15) is 0 Å². The van der Waals surface area contributed by atoms with Crippen LogP contribution in [0.1, 0.15) is 17.5 Å². The molecule has 0 heterocycles. The zero-order valence-electron chi connectivity index (χ0n) is 11.3. The summed E-state index contributed by atoms with van der Waals surface area (Å²) in [5.74, 6) is -0.0898. The highest BCUT2D eigenvalue weighted by Gasteiger charge is 2.09. The van der Waals surface area contributed by atoms with Crippen LogP contribution in [-0.2, 0) is 11.2 Å². The fraction of sp³-hybridized carbons (Fsp3) is 0.188. The number of benzene rings is 2. The second-order valence-corrected chi connectivity index (χ2v) is 5.09. The van der Waals surface area contributed by atoms with E-state index < -0.39 is 0 Å². The first-order valence-electron chi connectivity index (χ1n) is 6.46. The summed E-state index contributed by atoms with van der Waals surface area (Å²) in [5.41, 5.74) is 9.13. The predicted octanol–water partition coefficient (Wildman–Crippen LogP) is 3.80. The van der Waals surface area contributed by atoms with Gasteiger partial charge in [-0.1, -0.05) is 41.9 Å². The number of rotatable bonds is 4. The maximum atomic E-state index is 12.0. The lowest BCUT2D eigenvalue weighted by molar-refractivity contribution is -0.116. The number of nitrogens with two attached hydrogens (primary N) is 1. The SMILES string of the molecule is Cc1ccccc1CCC(=O)Nc1c(N)cccc1Cl. The van der Waals surface area contributed by atoms with E-state index >= 15 is 0 Å². The van der Waals surface area contributed by atoms with Crippen molar-refractivity contribution in [2.24, 2.45) is 0 Å². The average molecular weight is 289 g/mol. The number of amides is 1. The zero-order chi connectivity index (χ0) is 14.5. The lowest BCUT2D eigenvalue weighted by atomic mass is 10.0. The number of carbonyl (C=O) groups excluding carboxylic acids is 1. The Morgan fingerprint density at radius 2 is 1.95 bits per heavy atom. The Morgan fingerprint density at radius 1 is 1.20 bits per heavy atom. The molecule has 104 valence electrons. The molecule has 3 nitrogen and oxygen atoms in total. The number of aryl methyl sites for hydroxylation is 2. The number of para-hydroxylation sites is 1. The highest BCUT2D eigenvalue weighted by molar-refractivity contribution is 6.34. The summed E-state index contributed by atoms with van der Waals surface area (Å²) in [4.78, 5) is 12.0. The Labute approximate surface area is 123 Å². The number of hydrogen-bond donors (Lipinski definition) is 2. The van der Waals surface area contributed by atoms with Crippen LogP contribution in [0.3, 0.4) is 0 Å². The van der Waals surface area contributed by atoms with E-state index in [2.05, 4.69) is 5.32 Å². The van der Waals surface area contributed by atoms with Crippen molar-refractivity contribution in [2.75, 3.05) is 11.1 Å². The predicted molar refractivity (Wildman–Crippen MR) is 84.0 cm³/mol. The second-order valence-electron chi connectivity index (χ2n) is 4.68. The molecule has 0 bridgehead atoms. The molecule has 0 fully saturated rings. The van der Waals surface area contributed by atoms with Crippen molar-refractivity contribution in [3.05, 3.63) is 58.6 Å². The van der Waals surface area contributed by atoms with Crippen molar-refractivity contribution in [2.45, 2.75) is 19.8 Å². The molecule has 4 heteroatoms. The molecule has 2 aromatic carbocycles. The molecular weight excluding hydrogens is 272 g/mol. The minimum Gasteiger partial charge on any atom is -0.397 e. The van der Waals surface area contributed by atoms with Crippen molar-refractivity contribution < 1.29 is 4.79 Å². The summed E-state index contributed by atoms with van der Waals surface area (Å²) in [6.45, 7) is 2.04. The van der Waals surface area contributed by atoms with E-state index in [9.17, 15) is 4.79 Å². The smallest absolute Gasteiger partial charge is 0.224 e. The Bertz CT molecular complexity index is 605. The number of nitrogens with one attached hydrogen (secondary N) is 1. The fourth-order valence-corrected chi connectivity index (χ4v) is 2.24. The molecular formula is C16H17ClN2O. The third-order valence-corrected chi connectivity index (χ3v) is 3.51. The summed E-state index contributed by atoms with van der Waals surface area (Å²) < 4.78 is 0. The van der Waals surface area contributed by atoms with Crippen LogP contribution in [0.25, 0.3) is 0 Å². The second kappa shape index (κ2) is 6.44. The molecule has 20 heavy (non-hydrogen) atoms. The van der Waals surface area contributed by atoms with Gasteiger partial charge in [-0.2, -0.15) is 0 Å². The Balaban J connectivity index is 1.98. The van der Waals surface area contributed by atoms with Gasteiger partial charge in [0, 0.05) is 6.42 Å². The van der Waals surface area contributed by atoms with Crippen LogP contribution >= 0.6 is 11.6 Å². The maximum absolute atomic E-state index is 12.0. The van der Waals surface area contributed by atoms with Crippen molar-refractivity contribution in [3.63, 3.8) is 0 Å². The van der Waals surface area contributed by atoms with E-state index in [-0.39, 0.29) is 5.91 Å². The number of nitrogen functional groups attached to an aromatic ring is 1. The lowest BCUT2D eigenvalue weighted by Gasteiger charge is -2.10. The van der Waals surface area contributed by atoms with Gasteiger partial charge in [-0.15, -0.1) is 0 Å². The van der Waals surface area contributed by atoms with E-state index in [1.165, 1.54) is 11.1 Å². The molecule has 3 N–H and O–H groups in total. The first kappa shape index (κ1) is 14.4. The molecule has 0 aliphatic rings. The molecule has 0 saturated carbocycles. The van der Waals surface area contributed by atoms with Crippen LogP contribution in [-0.4, -0.2) is 5.91 Å². The molecule has 0 atom stereocenters. The van der Waals surface area contributed by atoms with Crippen molar-refractivity contribution in [3.8, 4) is 0 Å². The van der Waals surface area contributed by atoms with Gasteiger partial charge in [-0.25, -0.2) is 0 Å². The number of anilines is 2. The van der Waals surface area contributed by atoms with Crippen molar-refractivity contribution in [1.82, 2.24) is 0 Å². The summed E-state index contributed by atoms with van der Waals surface area (Å²) in [6, 6.07) is 13.2. The molecule has 0 saturated heterocycles. The highest BCUT2D eigenvalue weighted by atomic mass is 35.5. The van der Waals surface area contributed by atoms with Crippen LogP contribution < -0.4 is 11.1 Å². The number of hydrogen-bond acceptors (Lipinski definition) is 2. The zero-order valence-corrected chi connectivity index (χ0v) is 12.1. The third-order valence-electron chi connectivity index (χ3n) is 3.19. The van der Waals surface area contributed by atoms with E-state index in [4.69, 9.17) is 17.3 Å². The van der Waals surface area contributed by atoms with Gasteiger partial charge in [0.25, 0.3) is 0 Å². The Morgan fingerprint density at radius 3 is 2.65 bits per heavy atom. The molecule has 0 spiro atoms. The van der Waals surface area contributed by atoms with Crippen LogP contribution in [0.4, 0.5) is 11.4 Å². The van der Waals surface area contributed by atoms with Crippen LogP contribution in [0.15, 0.2) is 42.5 Å². The van der Waals surface area contributed by atoms with Crippen molar-refractivity contribution >= 4 is 28.9 Å². The van der Waals surface area contributed by atoms with Gasteiger partial charge in [-0.05, 0) is 36.6 Å². The molecule has 0 radical (unpaired) electrons. The van der Waals surface area contributed by atoms with Crippen LogP contribution in [0.2, 0.25) is 5.02 Å². The minimum absolute atomic E-state index is 0.0898. The lowest BCUT2D eigenvalue weighted by Crippen LogP contribution is -2.14. The normalized spacial score (nSPS) is 10.3. The quantitative estimate of drug-likeness (QED) is 0.841. The van der Waals surface area contributed by atoms with Crippen molar-refractivity contribution in [1.29, 1.82) is 0 Å². The van der Waals surface area contributed by atoms with Gasteiger partial charge >= 0.3 is 0 Å². The number of carbonyl (C=O) groups is 1. The highest BCUT2D eigenvalue weighted by Crippen LogP contribution is 2.27. The van der Waals surface area contributed by atoms with E-state index in [1.807, 2.05) is 31.2 Å². The monoisotopic (exact) mass is 288 g/mol. The molecule has 0 aliphatic carbocycles. The molecule has 2 aromatic rings. The van der Waals surface area contributed by atoms with Gasteiger partial charge in [0.15, 0.2) is 0 Å². The van der Waals surface area contributed by atoms with Gasteiger partial charge < -0.3 is 11.1 Å². The standard InChI is InChI=1S/C16H17ClN2O/c1-11-5-2-3-6-12(11)9-10-15(20)19-16-13(17)7-4-8-14(16)18/h2-8H,9-10,18H2,1H3,(H,19,20). The van der Waals surface area contributed by atoms with E-state index in [1.54, 1.807) is 18.2 Å². The Hall–Kier alpha value is -2.00. The van der Waals surface area contributed by atoms with Gasteiger partial charge in [0.05, 0.1) is 16.4 Å². The number of halogens is 1. The van der Waals surface area contributed by atoms with Crippen LogP contribution in [0, 0.1) is 6.92 Å². The molecule has 0 aliphatic heterocycles. The maximum Gasteiger partial charge on any atom is 0.224 e. The third kappa shape index (κ3) is 3.52. The fourth-order valence-electron chi connectivity index (χ4n) is 2.01. The molecule has 0 aromatic heterocycles. The summed E-state index contributed by atoms with van der Waals surface area (Å²) in [5, 5.41) is 3.23. The average Bonchev–Trinajstić information content (AvgIpc) is 2.42. The molecule has 1 amide bonds.